The van der Waals surface area contributed by atoms with Gasteiger partial charge in [-0.15, -0.1) is 34.0 Å². The average molecular weight is 399 g/mol. The lowest BCUT2D eigenvalue weighted by molar-refractivity contribution is 0.0701. The first-order valence-corrected chi connectivity index (χ1v) is 10.3. The van der Waals surface area contributed by atoms with E-state index in [2.05, 4.69) is 23.2 Å². The summed E-state index contributed by atoms with van der Waals surface area (Å²) in [5, 5.41) is 11.0. The first-order chi connectivity index (χ1) is 12.5. The number of aromatic carboxylic acids is 1. The molecule has 1 N–H and O–H groups in total. The maximum absolute atomic E-state index is 11.2. The van der Waals surface area contributed by atoms with E-state index < -0.39 is 5.97 Å². The summed E-state index contributed by atoms with van der Waals surface area (Å²) in [6.07, 6.45) is 0. The molecule has 3 heterocycles. The van der Waals surface area contributed by atoms with E-state index in [4.69, 9.17) is 4.98 Å². The van der Waals surface area contributed by atoms with Crippen LogP contribution in [0.3, 0.4) is 0 Å². The highest BCUT2D eigenvalue weighted by Crippen LogP contribution is 2.42. The summed E-state index contributed by atoms with van der Waals surface area (Å²) in [5.41, 5.74) is 2.68. The van der Waals surface area contributed by atoms with Crippen LogP contribution in [0.25, 0.3) is 30.2 Å². The molecule has 4 rings (SSSR count). The molecule has 0 amide bonds. The van der Waals surface area contributed by atoms with Gasteiger partial charge in [-0.25, -0.2) is 14.8 Å². The minimum Gasteiger partial charge on any atom is -0.477 e. The van der Waals surface area contributed by atoms with Gasteiger partial charge in [-0.1, -0.05) is 30.3 Å². The number of thiophene rings is 1. The van der Waals surface area contributed by atoms with Crippen LogP contribution in [0.2, 0.25) is 0 Å². The van der Waals surface area contributed by atoms with Crippen molar-refractivity contribution in [1.82, 2.24) is 9.97 Å². The summed E-state index contributed by atoms with van der Waals surface area (Å²) in [6.45, 7) is 3.76. The normalized spacial score (nSPS) is 11.0. The Labute approximate surface area is 162 Å². The molecule has 0 saturated carbocycles. The number of carboxylic acid groups (broad SMARTS) is 1. The van der Waals surface area contributed by atoms with Gasteiger partial charge in [-0.2, -0.15) is 0 Å². The van der Waals surface area contributed by atoms with Gasteiger partial charge in [0.1, 0.15) is 14.9 Å². The second kappa shape index (κ2) is 6.75. The molecule has 4 aromatic rings. The van der Waals surface area contributed by atoms with Crippen LogP contribution in [0.4, 0.5) is 0 Å². The van der Waals surface area contributed by atoms with Crippen molar-refractivity contribution in [2.45, 2.75) is 13.8 Å². The molecule has 7 heteroatoms. The molecular formula is C19H14N2O2S3. The van der Waals surface area contributed by atoms with E-state index in [1.807, 2.05) is 31.2 Å². The lowest BCUT2D eigenvalue weighted by Gasteiger charge is -1.93. The number of carbonyl (C=O) groups is 1. The molecule has 130 valence electrons. The van der Waals surface area contributed by atoms with Crippen molar-refractivity contribution < 1.29 is 9.90 Å². The molecule has 1 aromatic carbocycles. The molecule has 0 fully saturated rings. The van der Waals surface area contributed by atoms with E-state index in [1.54, 1.807) is 29.6 Å². The SMILES string of the molecule is Cc1nc(-c2ccc(-c3sc(-c4ccccc4)nc3C)s2)sc1C(=O)O. The molecule has 0 radical (unpaired) electrons. The molecule has 0 aliphatic rings. The second-order valence-corrected chi connectivity index (χ2v) is 8.78. The van der Waals surface area contributed by atoms with Crippen LogP contribution in [0.1, 0.15) is 21.1 Å². The number of aryl methyl sites for hydroxylation is 2. The highest BCUT2D eigenvalue weighted by Gasteiger charge is 2.18. The van der Waals surface area contributed by atoms with Gasteiger partial charge < -0.3 is 5.11 Å². The number of rotatable bonds is 4. The lowest BCUT2D eigenvalue weighted by atomic mass is 10.2. The van der Waals surface area contributed by atoms with Crippen molar-refractivity contribution in [2.75, 3.05) is 0 Å². The zero-order chi connectivity index (χ0) is 18.3. The number of hydrogen-bond donors (Lipinski definition) is 1. The number of benzene rings is 1. The van der Waals surface area contributed by atoms with E-state index in [1.165, 1.54) is 11.3 Å². The first kappa shape index (κ1) is 17.1. The summed E-state index contributed by atoms with van der Waals surface area (Å²) in [7, 11) is 0. The van der Waals surface area contributed by atoms with Crippen LogP contribution in [-0.2, 0) is 0 Å². The summed E-state index contributed by atoms with van der Waals surface area (Å²) < 4.78 is 0. The highest BCUT2D eigenvalue weighted by atomic mass is 32.1. The predicted molar refractivity (Wildman–Crippen MR) is 108 cm³/mol. The summed E-state index contributed by atoms with van der Waals surface area (Å²) in [6, 6.07) is 14.2. The van der Waals surface area contributed by atoms with Crippen molar-refractivity contribution in [3.05, 3.63) is 58.7 Å². The molecule has 26 heavy (non-hydrogen) atoms. The van der Waals surface area contributed by atoms with Crippen LogP contribution >= 0.6 is 34.0 Å². The van der Waals surface area contributed by atoms with Crippen LogP contribution in [-0.4, -0.2) is 21.0 Å². The van der Waals surface area contributed by atoms with Gasteiger partial charge >= 0.3 is 5.97 Å². The number of hydrogen-bond acceptors (Lipinski definition) is 6. The van der Waals surface area contributed by atoms with Gasteiger partial charge in [0.25, 0.3) is 0 Å². The molecule has 4 nitrogen and oxygen atoms in total. The van der Waals surface area contributed by atoms with Gasteiger partial charge in [0.2, 0.25) is 0 Å². The van der Waals surface area contributed by atoms with E-state index in [-0.39, 0.29) is 0 Å². The third kappa shape index (κ3) is 3.09. The summed E-state index contributed by atoms with van der Waals surface area (Å²) >= 11 is 4.52. The van der Waals surface area contributed by atoms with E-state index in [0.717, 1.165) is 35.9 Å². The standard InChI is InChI=1S/C19H14N2O2S3/c1-10-15(25-17(20-10)12-6-4-3-5-7-12)13-8-9-14(24-13)18-21-11(2)16(26-18)19(22)23/h3-9H,1-2H3,(H,22,23). The van der Waals surface area contributed by atoms with E-state index in [0.29, 0.717) is 10.6 Å². The fourth-order valence-electron chi connectivity index (χ4n) is 2.60. The van der Waals surface area contributed by atoms with E-state index in [9.17, 15) is 9.90 Å². The summed E-state index contributed by atoms with van der Waals surface area (Å²) in [5.74, 6) is -0.922. The van der Waals surface area contributed by atoms with Crippen molar-refractivity contribution in [3.63, 3.8) is 0 Å². The minimum absolute atomic E-state index is 0.301. The quantitative estimate of drug-likeness (QED) is 0.459. The Kier molecular flexibility index (Phi) is 4.44. The molecule has 0 aliphatic carbocycles. The molecule has 0 bridgehead atoms. The van der Waals surface area contributed by atoms with Gasteiger partial charge in [0.05, 0.1) is 21.1 Å². The zero-order valence-electron chi connectivity index (χ0n) is 14.0. The van der Waals surface area contributed by atoms with Crippen LogP contribution < -0.4 is 0 Å². The second-order valence-electron chi connectivity index (χ2n) is 5.70. The predicted octanol–water partition coefficient (Wildman–Crippen LogP) is 5.98. The van der Waals surface area contributed by atoms with Gasteiger partial charge in [-0.05, 0) is 26.0 Å². The maximum Gasteiger partial charge on any atom is 0.347 e. The number of aromatic nitrogens is 2. The Morgan fingerprint density at radius 1 is 0.846 bits per heavy atom. The molecule has 0 unspecified atom stereocenters. The third-order valence-electron chi connectivity index (χ3n) is 3.85. The highest BCUT2D eigenvalue weighted by molar-refractivity contribution is 7.27. The first-order valence-electron chi connectivity index (χ1n) is 7.87. The molecule has 3 aromatic heterocycles. The van der Waals surface area contributed by atoms with E-state index >= 15 is 0 Å². The Morgan fingerprint density at radius 2 is 1.54 bits per heavy atom. The zero-order valence-corrected chi connectivity index (χ0v) is 16.5. The molecular weight excluding hydrogens is 384 g/mol. The Balaban J connectivity index is 1.70. The van der Waals surface area contributed by atoms with Crippen molar-refractivity contribution in [3.8, 4) is 30.2 Å². The Bertz CT molecular complexity index is 1090. The Hall–Kier alpha value is -2.35. The topological polar surface area (TPSA) is 63.1 Å². The van der Waals surface area contributed by atoms with Gasteiger partial charge in [0.15, 0.2) is 0 Å². The lowest BCUT2D eigenvalue weighted by Crippen LogP contribution is -1.94. The molecule has 0 atom stereocenters. The largest absolute Gasteiger partial charge is 0.477 e. The van der Waals surface area contributed by atoms with Crippen molar-refractivity contribution in [1.29, 1.82) is 0 Å². The van der Waals surface area contributed by atoms with Crippen molar-refractivity contribution in [2.24, 2.45) is 0 Å². The number of thiazole rings is 2. The number of nitrogens with zero attached hydrogens (tertiary/aromatic N) is 2. The monoisotopic (exact) mass is 398 g/mol. The molecule has 0 spiro atoms. The Morgan fingerprint density at radius 3 is 2.23 bits per heavy atom. The van der Waals surface area contributed by atoms with Crippen LogP contribution in [0.5, 0.6) is 0 Å². The fourth-order valence-corrected chi connectivity index (χ4v) is 5.80. The maximum atomic E-state index is 11.2. The smallest absolute Gasteiger partial charge is 0.347 e. The molecule has 0 saturated heterocycles. The average Bonchev–Trinajstić information content (AvgIpc) is 3.33. The van der Waals surface area contributed by atoms with Gasteiger partial charge in [0, 0.05) is 10.4 Å². The minimum atomic E-state index is -0.922. The number of carboxylic acids is 1. The van der Waals surface area contributed by atoms with Gasteiger partial charge in [-0.3, -0.25) is 0 Å². The fraction of sp³-hybridized carbons (Fsp3) is 0.105. The third-order valence-corrected chi connectivity index (χ3v) is 7.64. The summed E-state index contributed by atoms with van der Waals surface area (Å²) in [4.78, 5) is 23.9. The van der Waals surface area contributed by atoms with Crippen molar-refractivity contribution >= 4 is 40.0 Å². The van der Waals surface area contributed by atoms with Crippen LogP contribution in [0.15, 0.2) is 42.5 Å². The molecule has 0 aliphatic heterocycles. The van der Waals surface area contributed by atoms with Crippen LogP contribution in [0, 0.1) is 13.8 Å².